The molecule has 0 heterocycles. The van der Waals surface area contributed by atoms with Gasteiger partial charge in [0.2, 0.25) is 0 Å². The van der Waals surface area contributed by atoms with Crippen LogP contribution >= 0.6 is 0 Å². The van der Waals surface area contributed by atoms with E-state index in [1.807, 2.05) is 12.1 Å². The van der Waals surface area contributed by atoms with Gasteiger partial charge >= 0.3 is 0 Å². The van der Waals surface area contributed by atoms with Crippen molar-refractivity contribution < 1.29 is 0 Å². The fourth-order valence-corrected chi connectivity index (χ4v) is 1.34. The fraction of sp³-hybridized carbons (Fsp3) is 0.500. The first-order valence-electron chi connectivity index (χ1n) is 3.50. The molecule has 0 saturated heterocycles. The number of hydrogen-bond acceptors (Lipinski definition) is 2. The van der Waals surface area contributed by atoms with Crippen LogP contribution < -0.4 is 0 Å². The lowest BCUT2D eigenvalue weighted by molar-refractivity contribution is 1.42. The molecule has 0 aromatic rings. The second-order valence-corrected chi connectivity index (χ2v) is 9.14. The summed E-state index contributed by atoms with van der Waals surface area (Å²) in [5.41, 5.74) is 0.243. The van der Waals surface area contributed by atoms with Crippen LogP contribution in [0.1, 0.15) is 0 Å². The normalized spacial score (nSPS) is 9.55. The van der Waals surface area contributed by atoms with Crippen molar-refractivity contribution >= 4 is 8.07 Å². The van der Waals surface area contributed by atoms with Gasteiger partial charge in [0.15, 0.2) is 0 Å². The first-order valence-corrected chi connectivity index (χ1v) is 7.20. The smallest absolute Gasteiger partial charge is 0.125 e. The summed E-state index contributed by atoms with van der Waals surface area (Å²) >= 11 is 0. The lowest BCUT2D eigenvalue weighted by atomic mass is 10.3. The van der Waals surface area contributed by atoms with Crippen molar-refractivity contribution in [2.75, 3.05) is 0 Å². The molecular formula is C8H12N2Si. The molecule has 0 aliphatic rings. The van der Waals surface area contributed by atoms with E-state index in [1.54, 1.807) is 6.08 Å². The highest BCUT2D eigenvalue weighted by Gasteiger charge is 2.10. The molecule has 0 aromatic heterocycles. The van der Waals surface area contributed by atoms with Crippen molar-refractivity contribution in [3.63, 3.8) is 0 Å². The number of allylic oxidation sites excluding steroid dienone is 2. The van der Waals surface area contributed by atoms with E-state index in [2.05, 4.69) is 19.6 Å². The molecule has 0 bridgehead atoms. The molecule has 0 fully saturated rings. The van der Waals surface area contributed by atoms with Crippen molar-refractivity contribution in [3.8, 4) is 12.1 Å². The van der Waals surface area contributed by atoms with E-state index >= 15 is 0 Å². The van der Waals surface area contributed by atoms with Gasteiger partial charge in [0.05, 0.1) is 0 Å². The summed E-state index contributed by atoms with van der Waals surface area (Å²) in [5, 5.41) is 16.8. The third kappa shape index (κ3) is 5.38. The maximum Gasteiger partial charge on any atom is 0.125 e. The molecule has 0 unspecified atom stereocenters. The van der Waals surface area contributed by atoms with Crippen LogP contribution in [-0.2, 0) is 0 Å². The Morgan fingerprint density at radius 3 is 2.00 bits per heavy atom. The van der Waals surface area contributed by atoms with Gasteiger partial charge in [0, 0.05) is 8.07 Å². The number of nitriles is 2. The molecular weight excluding hydrogens is 152 g/mol. The van der Waals surface area contributed by atoms with E-state index < -0.39 is 8.07 Å². The predicted octanol–water partition coefficient (Wildman–Crippen LogP) is 2.30. The Kier molecular flexibility index (Phi) is 3.57. The Balaban J connectivity index is 4.17. The summed E-state index contributed by atoms with van der Waals surface area (Å²) in [6, 6.07) is 4.60. The number of rotatable bonds is 2. The summed E-state index contributed by atoms with van der Waals surface area (Å²) in [4.78, 5) is 0. The Bertz CT molecular complexity index is 218. The van der Waals surface area contributed by atoms with Crippen molar-refractivity contribution in [1.29, 1.82) is 10.5 Å². The highest BCUT2D eigenvalue weighted by atomic mass is 28.3. The first kappa shape index (κ1) is 9.94. The van der Waals surface area contributed by atoms with Gasteiger partial charge in [-0.15, -0.1) is 0 Å². The van der Waals surface area contributed by atoms with Gasteiger partial charge in [-0.05, 0) is 6.04 Å². The van der Waals surface area contributed by atoms with Crippen molar-refractivity contribution in [3.05, 3.63) is 11.6 Å². The minimum Gasteiger partial charge on any atom is -0.192 e. The highest BCUT2D eigenvalue weighted by Crippen LogP contribution is 2.09. The van der Waals surface area contributed by atoms with E-state index in [-0.39, 0.29) is 5.57 Å². The zero-order valence-electron chi connectivity index (χ0n) is 7.18. The Labute approximate surface area is 68.8 Å². The largest absolute Gasteiger partial charge is 0.192 e. The first-order chi connectivity index (χ1) is 4.99. The van der Waals surface area contributed by atoms with E-state index in [9.17, 15) is 0 Å². The predicted molar refractivity (Wildman–Crippen MR) is 47.5 cm³/mol. The zero-order valence-corrected chi connectivity index (χ0v) is 8.18. The van der Waals surface area contributed by atoms with Gasteiger partial charge < -0.3 is 0 Å². The standard InChI is InChI=1S/C8H12N2Si/c1-11(2,3)5-4-8(6-9)7-10/h4H,5H2,1-3H3. The summed E-state index contributed by atoms with van der Waals surface area (Å²) < 4.78 is 0. The summed E-state index contributed by atoms with van der Waals surface area (Å²) in [5.74, 6) is 0. The van der Waals surface area contributed by atoms with E-state index in [0.29, 0.717) is 0 Å². The number of nitrogens with zero attached hydrogens (tertiary/aromatic N) is 2. The maximum absolute atomic E-state index is 8.40. The van der Waals surface area contributed by atoms with Gasteiger partial charge in [0.25, 0.3) is 0 Å². The molecule has 0 rings (SSSR count). The van der Waals surface area contributed by atoms with Crippen LogP contribution in [-0.4, -0.2) is 8.07 Å². The molecule has 0 atom stereocenters. The molecule has 0 amide bonds. The lowest BCUT2D eigenvalue weighted by Gasteiger charge is -2.11. The summed E-state index contributed by atoms with van der Waals surface area (Å²) in [6.45, 7) is 6.61. The second kappa shape index (κ2) is 3.95. The van der Waals surface area contributed by atoms with Crippen molar-refractivity contribution in [2.45, 2.75) is 25.7 Å². The summed E-state index contributed by atoms with van der Waals surface area (Å²) in [7, 11) is -1.13. The summed E-state index contributed by atoms with van der Waals surface area (Å²) in [6.07, 6.45) is 1.74. The molecule has 0 saturated carbocycles. The van der Waals surface area contributed by atoms with E-state index in [1.165, 1.54) is 0 Å². The average molecular weight is 164 g/mol. The minimum absolute atomic E-state index is 0.243. The average Bonchev–Trinajstić information content (AvgIpc) is 1.88. The van der Waals surface area contributed by atoms with Gasteiger partial charge in [-0.2, -0.15) is 10.5 Å². The van der Waals surface area contributed by atoms with Gasteiger partial charge in [-0.3, -0.25) is 0 Å². The molecule has 58 valence electrons. The van der Waals surface area contributed by atoms with Crippen LogP contribution in [0.2, 0.25) is 25.7 Å². The molecule has 11 heavy (non-hydrogen) atoms. The van der Waals surface area contributed by atoms with E-state index in [0.717, 1.165) is 6.04 Å². The zero-order chi connectivity index (χ0) is 8.91. The lowest BCUT2D eigenvalue weighted by Crippen LogP contribution is -2.17. The Morgan fingerprint density at radius 2 is 1.73 bits per heavy atom. The topological polar surface area (TPSA) is 47.6 Å². The van der Waals surface area contributed by atoms with Crippen LogP contribution in [0.5, 0.6) is 0 Å². The number of hydrogen-bond donors (Lipinski definition) is 0. The Hall–Kier alpha value is -1.06. The maximum atomic E-state index is 8.40. The third-order valence-corrected chi connectivity index (χ3v) is 2.59. The van der Waals surface area contributed by atoms with Crippen LogP contribution in [0.3, 0.4) is 0 Å². The molecule has 0 aliphatic carbocycles. The molecule has 2 nitrogen and oxygen atoms in total. The Morgan fingerprint density at radius 1 is 1.27 bits per heavy atom. The monoisotopic (exact) mass is 164 g/mol. The van der Waals surface area contributed by atoms with Gasteiger partial charge in [-0.1, -0.05) is 25.7 Å². The van der Waals surface area contributed by atoms with Crippen molar-refractivity contribution in [1.82, 2.24) is 0 Å². The van der Waals surface area contributed by atoms with Crippen molar-refractivity contribution in [2.24, 2.45) is 0 Å². The second-order valence-electron chi connectivity index (χ2n) is 3.61. The van der Waals surface area contributed by atoms with Gasteiger partial charge in [0.1, 0.15) is 17.7 Å². The van der Waals surface area contributed by atoms with Crippen LogP contribution in [0.15, 0.2) is 11.6 Å². The molecule has 0 aromatic carbocycles. The molecule has 3 heteroatoms. The van der Waals surface area contributed by atoms with E-state index in [4.69, 9.17) is 10.5 Å². The van der Waals surface area contributed by atoms with Crippen LogP contribution in [0.25, 0.3) is 0 Å². The third-order valence-electron chi connectivity index (χ3n) is 1.16. The van der Waals surface area contributed by atoms with Crippen LogP contribution in [0.4, 0.5) is 0 Å². The molecule has 0 radical (unpaired) electrons. The fourth-order valence-electron chi connectivity index (χ4n) is 0.525. The molecule has 0 aliphatic heterocycles. The van der Waals surface area contributed by atoms with Crippen LogP contribution in [0, 0.1) is 22.7 Å². The van der Waals surface area contributed by atoms with Gasteiger partial charge in [-0.25, -0.2) is 0 Å². The minimum atomic E-state index is -1.13. The SMILES string of the molecule is C[Si](C)(C)CC=C(C#N)C#N. The highest BCUT2D eigenvalue weighted by molar-refractivity contribution is 6.76. The molecule has 0 N–H and O–H groups in total. The molecule has 0 spiro atoms. The quantitative estimate of drug-likeness (QED) is 0.464.